The van der Waals surface area contributed by atoms with Gasteiger partial charge in [-0.1, -0.05) is 0 Å². The molecule has 0 bridgehead atoms. The number of primary amides is 1. The summed E-state index contributed by atoms with van der Waals surface area (Å²) < 4.78 is 11.0. The molecule has 0 aromatic carbocycles. The van der Waals surface area contributed by atoms with Gasteiger partial charge in [0.15, 0.2) is 0 Å². The van der Waals surface area contributed by atoms with E-state index in [-0.39, 0.29) is 12.2 Å². The van der Waals surface area contributed by atoms with E-state index in [4.69, 9.17) is 15.2 Å². The predicted octanol–water partition coefficient (Wildman–Crippen LogP) is 0.938. The van der Waals surface area contributed by atoms with Crippen LogP contribution in [0.3, 0.4) is 0 Å². The molecule has 3 rings (SSSR count). The summed E-state index contributed by atoms with van der Waals surface area (Å²) in [5.41, 5.74) is 5.65. The van der Waals surface area contributed by atoms with E-state index in [1.165, 1.54) is 6.20 Å². The van der Waals surface area contributed by atoms with Crippen molar-refractivity contribution in [2.45, 2.75) is 31.9 Å². The Balaban J connectivity index is 1.41. The van der Waals surface area contributed by atoms with Crippen LogP contribution in [0.25, 0.3) is 0 Å². The minimum atomic E-state index is -0.483. The van der Waals surface area contributed by atoms with E-state index < -0.39 is 5.91 Å². The Morgan fingerprint density at radius 2 is 1.86 bits per heavy atom. The topological polar surface area (TPSA) is 101 Å². The fourth-order valence-corrected chi connectivity index (χ4v) is 3.83. The van der Waals surface area contributed by atoms with Crippen LogP contribution in [0.1, 0.15) is 30.1 Å². The van der Waals surface area contributed by atoms with Crippen LogP contribution in [0.2, 0.25) is 0 Å². The zero-order chi connectivity index (χ0) is 20.8. The highest BCUT2D eigenvalue weighted by atomic mass is 16.6. The second-order valence-corrected chi connectivity index (χ2v) is 7.67. The van der Waals surface area contributed by atoms with Gasteiger partial charge in [-0.15, -0.1) is 0 Å². The average Bonchev–Trinajstić information content (AvgIpc) is 2.74. The lowest BCUT2D eigenvalue weighted by Crippen LogP contribution is -2.53. The summed E-state index contributed by atoms with van der Waals surface area (Å²) in [6.45, 7) is 7.39. The Morgan fingerprint density at radius 1 is 1.17 bits per heavy atom. The molecule has 1 atom stereocenters. The minimum Gasteiger partial charge on any atom is -0.446 e. The van der Waals surface area contributed by atoms with Crippen LogP contribution >= 0.6 is 0 Å². The molecule has 160 valence electrons. The van der Waals surface area contributed by atoms with Crippen molar-refractivity contribution in [2.24, 2.45) is 5.73 Å². The van der Waals surface area contributed by atoms with Gasteiger partial charge in [-0.2, -0.15) is 0 Å². The molecule has 29 heavy (non-hydrogen) atoms. The molecule has 2 saturated heterocycles. The van der Waals surface area contributed by atoms with Crippen LogP contribution in [0.15, 0.2) is 18.3 Å². The van der Waals surface area contributed by atoms with Crippen molar-refractivity contribution < 1.29 is 19.1 Å². The summed E-state index contributed by atoms with van der Waals surface area (Å²) in [5, 5.41) is 0. The van der Waals surface area contributed by atoms with Gasteiger partial charge in [0.05, 0.1) is 12.2 Å². The van der Waals surface area contributed by atoms with Crippen molar-refractivity contribution in [3.8, 4) is 0 Å². The van der Waals surface area contributed by atoms with Crippen molar-refractivity contribution in [3.63, 3.8) is 0 Å². The lowest BCUT2D eigenvalue weighted by atomic mass is 10.1. The van der Waals surface area contributed by atoms with Crippen molar-refractivity contribution in [3.05, 3.63) is 23.9 Å². The third kappa shape index (κ3) is 5.57. The van der Waals surface area contributed by atoms with Gasteiger partial charge in [0.2, 0.25) is 5.91 Å². The van der Waals surface area contributed by atoms with Crippen LogP contribution in [0.4, 0.5) is 10.6 Å². The SMILES string of the molecule is COC[C@H](C)N1CCN(C(=O)OC2CCN(c3ccc(C(N)=O)cn3)CC2)CC1. The molecule has 1 aromatic rings. The molecule has 0 aliphatic carbocycles. The molecule has 9 nitrogen and oxygen atoms in total. The summed E-state index contributed by atoms with van der Waals surface area (Å²) in [4.78, 5) is 34.2. The van der Waals surface area contributed by atoms with Crippen molar-refractivity contribution in [1.82, 2.24) is 14.8 Å². The van der Waals surface area contributed by atoms with E-state index in [0.29, 0.717) is 31.3 Å². The number of ether oxygens (including phenoxy) is 2. The average molecular weight is 405 g/mol. The van der Waals surface area contributed by atoms with Crippen LogP contribution < -0.4 is 10.6 Å². The number of nitrogens with zero attached hydrogens (tertiary/aromatic N) is 4. The standard InChI is InChI=1S/C20H31N5O4/c1-15(14-28-2)23-9-11-25(12-10-23)20(27)29-17-5-7-24(8-6-17)18-4-3-16(13-22-18)19(21)26/h3-4,13,15,17H,5-12,14H2,1-2H3,(H2,21,26)/t15-/m0/s1. The molecule has 1 aromatic heterocycles. The molecule has 3 heterocycles. The second kappa shape index (κ2) is 9.89. The van der Waals surface area contributed by atoms with E-state index in [1.807, 2.05) is 0 Å². The Hall–Kier alpha value is -2.39. The number of hydrogen-bond donors (Lipinski definition) is 1. The van der Waals surface area contributed by atoms with E-state index in [2.05, 4.69) is 21.7 Å². The first-order valence-electron chi connectivity index (χ1n) is 10.2. The second-order valence-electron chi connectivity index (χ2n) is 7.67. The Morgan fingerprint density at radius 3 is 2.41 bits per heavy atom. The fourth-order valence-electron chi connectivity index (χ4n) is 3.83. The lowest BCUT2D eigenvalue weighted by molar-refractivity contribution is 0.0239. The monoisotopic (exact) mass is 405 g/mol. The number of piperidine rings is 1. The molecular formula is C20H31N5O4. The molecule has 9 heteroatoms. The number of nitrogens with two attached hydrogens (primary N) is 1. The Labute approximate surface area is 171 Å². The Kier molecular flexibility index (Phi) is 7.27. The number of piperazine rings is 1. The number of aromatic nitrogens is 1. The molecule has 2 aliphatic rings. The van der Waals surface area contributed by atoms with E-state index >= 15 is 0 Å². The summed E-state index contributed by atoms with van der Waals surface area (Å²) in [7, 11) is 1.71. The number of carbonyl (C=O) groups excluding carboxylic acids is 2. The molecule has 0 radical (unpaired) electrons. The number of hydrogen-bond acceptors (Lipinski definition) is 7. The normalized spacial score (nSPS) is 19.8. The van der Waals surface area contributed by atoms with Crippen LogP contribution in [-0.4, -0.2) is 91.9 Å². The molecule has 0 unspecified atom stereocenters. The number of methoxy groups -OCH3 is 1. The zero-order valence-electron chi connectivity index (χ0n) is 17.2. The van der Waals surface area contributed by atoms with E-state index in [0.717, 1.165) is 44.8 Å². The number of amides is 2. The van der Waals surface area contributed by atoms with Gasteiger partial charge in [0.25, 0.3) is 0 Å². The number of carbonyl (C=O) groups is 2. The maximum absolute atomic E-state index is 12.5. The summed E-state index contributed by atoms with van der Waals surface area (Å²) in [6, 6.07) is 3.84. The number of pyridine rings is 1. The zero-order valence-corrected chi connectivity index (χ0v) is 17.2. The first-order valence-corrected chi connectivity index (χ1v) is 10.2. The van der Waals surface area contributed by atoms with Crippen molar-refractivity contribution in [1.29, 1.82) is 0 Å². The smallest absolute Gasteiger partial charge is 0.410 e. The maximum atomic E-state index is 12.5. The van der Waals surface area contributed by atoms with Gasteiger partial charge < -0.3 is 25.0 Å². The largest absolute Gasteiger partial charge is 0.446 e. The van der Waals surface area contributed by atoms with Crippen LogP contribution in [-0.2, 0) is 9.47 Å². The number of anilines is 1. The molecule has 2 aliphatic heterocycles. The summed E-state index contributed by atoms with van der Waals surface area (Å²) >= 11 is 0. The summed E-state index contributed by atoms with van der Waals surface area (Å²) in [5.74, 6) is 0.324. The highest BCUT2D eigenvalue weighted by molar-refractivity contribution is 5.92. The fraction of sp³-hybridized carbons (Fsp3) is 0.650. The van der Waals surface area contributed by atoms with Crippen LogP contribution in [0, 0.1) is 0 Å². The van der Waals surface area contributed by atoms with Crippen molar-refractivity contribution in [2.75, 3.05) is 57.9 Å². The van der Waals surface area contributed by atoms with Crippen molar-refractivity contribution >= 4 is 17.8 Å². The highest BCUT2D eigenvalue weighted by Gasteiger charge is 2.28. The van der Waals surface area contributed by atoms with E-state index in [9.17, 15) is 9.59 Å². The highest BCUT2D eigenvalue weighted by Crippen LogP contribution is 2.21. The predicted molar refractivity (Wildman–Crippen MR) is 109 cm³/mol. The van der Waals surface area contributed by atoms with Gasteiger partial charge >= 0.3 is 6.09 Å². The lowest BCUT2D eigenvalue weighted by Gasteiger charge is -2.38. The molecule has 2 amide bonds. The third-order valence-corrected chi connectivity index (χ3v) is 5.67. The van der Waals surface area contributed by atoms with Gasteiger partial charge in [-0.05, 0) is 19.1 Å². The Bertz CT molecular complexity index is 683. The summed E-state index contributed by atoms with van der Waals surface area (Å²) in [6.07, 6.45) is 2.73. The van der Waals surface area contributed by atoms with Gasteiger partial charge in [-0.3, -0.25) is 9.69 Å². The first kappa shape index (κ1) is 21.3. The molecule has 2 fully saturated rings. The maximum Gasteiger partial charge on any atom is 0.410 e. The quantitative estimate of drug-likeness (QED) is 0.751. The molecule has 2 N–H and O–H groups in total. The van der Waals surface area contributed by atoms with Gasteiger partial charge in [0, 0.05) is 71.5 Å². The van der Waals surface area contributed by atoms with E-state index in [1.54, 1.807) is 24.1 Å². The molecular weight excluding hydrogens is 374 g/mol. The van der Waals surface area contributed by atoms with Gasteiger partial charge in [0.1, 0.15) is 11.9 Å². The van der Waals surface area contributed by atoms with Crippen LogP contribution in [0.5, 0.6) is 0 Å². The minimum absolute atomic E-state index is 0.0749. The molecule has 0 saturated carbocycles. The third-order valence-electron chi connectivity index (χ3n) is 5.67. The van der Waals surface area contributed by atoms with Gasteiger partial charge in [-0.25, -0.2) is 9.78 Å². The molecule has 0 spiro atoms. The first-order chi connectivity index (χ1) is 14.0. The number of rotatable bonds is 6.